The lowest BCUT2D eigenvalue weighted by atomic mass is 10.2. The Balaban J connectivity index is 1.50. The van der Waals surface area contributed by atoms with Crippen LogP contribution in [0, 0.1) is 6.92 Å². The van der Waals surface area contributed by atoms with E-state index in [2.05, 4.69) is 5.32 Å². The molecule has 2 N–H and O–H groups in total. The van der Waals surface area contributed by atoms with E-state index in [-0.39, 0.29) is 11.8 Å². The summed E-state index contributed by atoms with van der Waals surface area (Å²) in [7, 11) is 0. The molecule has 6 heteroatoms. The van der Waals surface area contributed by atoms with Gasteiger partial charge in [-0.05, 0) is 36.8 Å². The highest BCUT2D eigenvalue weighted by molar-refractivity contribution is 6.31. The van der Waals surface area contributed by atoms with Crippen LogP contribution in [-0.2, 0) is 4.79 Å². The molecule has 2 aromatic carbocycles. The van der Waals surface area contributed by atoms with Crippen molar-refractivity contribution in [3.05, 3.63) is 64.7 Å². The van der Waals surface area contributed by atoms with Crippen LogP contribution in [0.4, 0.5) is 5.69 Å². The van der Waals surface area contributed by atoms with Crippen LogP contribution in [0.5, 0.6) is 0 Å². The molecule has 136 valence electrons. The zero-order valence-electron chi connectivity index (χ0n) is 14.8. The van der Waals surface area contributed by atoms with Crippen LogP contribution in [-0.4, -0.2) is 49.4 Å². The Morgan fingerprint density at radius 2 is 1.81 bits per heavy atom. The monoisotopic (exact) mass is 372 g/mol. The van der Waals surface area contributed by atoms with Crippen molar-refractivity contribution in [2.45, 2.75) is 6.92 Å². The van der Waals surface area contributed by atoms with Crippen LogP contribution in [0.1, 0.15) is 15.9 Å². The number of hydrogen-bond donors (Lipinski definition) is 2. The average molecular weight is 373 g/mol. The molecule has 1 aliphatic heterocycles. The Morgan fingerprint density at radius 3 is 2.50 bits per heavy atom. The minimum absolute atomic E-state index is 0.0341. The molecule has 2 amide bonds. The van der Waals surface area contributed by atoms with Crippen molar-refractivity contribution in [3.63, 3.8) is 0 Å². The predicted octanol–water partition coefficient (Wildman–Crippen LogP) is 1.63. The van der Waals surface area contributed by atoms with E-state index in [1.54, 1.807) is 12.1 Å². The number of quaternary nitrogens is 1. The average Bonchev–Trinajstić information content (AvgIpc) is 2.65. The van der Waals surface area contributed by atoms with Gasteiger partial charge in [-0.1, -0.05) is 35.9 Å². The van der Waals surface area contributed by atoms with E-state index in [9.17, 15) is 9.59 Å². The minimum Gasteiger partial charge on any atom is -0.327 e. The van der Waals surface area contributed by atoms with Gasteiger partial charge in [0.2, 0.25) is 0 Å². The second-order valence-corrected chi connectivity index (χ2v) is 7.03. The van der Waals surface area contributed by atoms with Crippen molar-refractivity contribution in [2.24, 2.45) is 0 Å². The summed E-state index contributed by atoms with van der Waals surface area (Å²) in [6, 6.07) is 14.8. The highest BCUT2D eigenvalue weighted by atomic mass is 35.5. The summed E-state index contributed by atoms with van der Waals surface area (Å²) in [5.74, 6) is 0.0249. The second-order valence-electron chi connectivity index (χ2n) is 6.59. The maximum atomic E-state index is 12.5. The van der Waals surface area contributed by atoms with Crippen LogP contribution in [0.15, 0.2) is 48.5 Å². The number of amides is 2. The topological polar surface area (TPSA) is 53.9 Å². The number of nitrogens with zero attached hydrogens (tertiary/aromatic N) is 1. The first-order chi connectivity index (χ1) is 12.5. The fourth-order valence-electron chi connectivity index (χ4n) is 3.12. The number of piperazine rings is 1. The number of nitrogens with one attached hydrogen (secondary N) is 2. The molecule has 0 unspecified atom stereocenters. The van der Waals surface area contributed by atoms with Crippen LogP contribution < -0.4 is 10.2 Å². The van der Waals surface area contributed by atoms with Gasteiger partial charge >= 0.3 is 0 Å². The zero-order valence-corrected chi connectivity index (χ0v) is 15.6. The summed E-state index contributed by atoms with van der Waals surface area (Å²) in [6.45, 7) is 5.17. The molecule has 0 aliphatic carbocycles. The van der Waals surface area contributed by atoms with Gasteiger partial charge in [-0.2, -0.15) is 0 Å². The normalized spacial score (nSPS) is 14.9. The van der Waals surface area contributed by atoms with Gasteiger partial charge in [-0.3, -0.25) is 9.59 Å². The summed E-state index contributed by atoms with van der Waals surface area (Å²) in [6.07, 6.45) is 0. The number of benzene rings is 2. The highest BCUT2D eigenvalue weighted by Crippen LogP contribution is 2.19. The number of carbonyl (C=O) groups excluding carboxylic acids is 2. The summed E-state index contributed by atoms with van der Waals surface area (Å²) in [5, 5.41) is 3.54. The van der Waals surface area contributed by atoms with E-state index in [0.29, 0.717) is 30.2 Å². The zero-order chi connectivity index (χ0) is 18.5. The predicted molar refractivity (Wildman–Crippen MR) is 103 cm³/mol. The molecule has 1 aliphatic rings. The van der Waals surface area contributed by atoms with E-state index < -0.39 is 0 Å². The van der Waals surface area contributed by atoms with Gasteiger partial charge < -0.3 is 15.1 Å². The standard InChI is InChI=1S/C20H22ClN3O2/c1-15-7-8-17(21)13-18(15)22-19(25)14-23-9-11-24(12-10-23)20(26)16-5-3-2-4-6-16/h2-8,13H,9-12,14H2,1H3,(H,22,25)/p+1. The van der Waals surface area contributed by atoms with E-state index in [0.717, 1.165) is 24.3 Å². The van der Waals surface area contributed by atoms with Crippen LogP contribution in [0.2, 0.25) is 5.02 Å². The smallest absolute Gasteiger partial charge is 0.279 e. The number of hydrogen-bond acceptors (Lipinski definition) is 2. The third kappa shape index (κ3) is 4.62. The summed E-state index contributed by atoms with van der Waals surface area (Å²) >= 11 is 5.99. The number of anilines is 1. The van der Waals surface area contributed by atoms with Crippen molar-refractivity contribution in [2.75, 3.05) is 38.0 Å². The fraction of sp³-hybridized carbons (Fsp3) is 0.300. The molecule has 0 saturated carbocycles. The van der Waals surface area contributed by atoms with Crippen molar-refractivity contribution in [1.29, 1.82) is 0 Å². The van der Waals surface area contributed by atoms with Gasteiger partial charge in [0.15, 0.2) is 6.54 Å². The Bertz CT molecular complexity index is 787. The molecular weight excluding hydrogens is 350 g/mol. The van der Waals surface area contributed by atoms with Gasteiger partial charge in [0.1, 0.15) is 0 Å². The van der Waals surface area contributed by atoms with E-state index >= 15 is 0 Å². The molecule has 0 spiro atoms. The first-order valence-electron chi connectivity index (χ1n) is 8.77. The third-order valence-corrected chi connectivity index (χ3v) is 4.90. The molecule has 1 saturated heterocycles. The molecular formula is C20H23ClN3O2+. The molecule has 3 rings (SSSR count). The summed E-state index contributed by atoms with van der Waals surface area (Å²) in [4.78, 5) is 27.8. The molecule has 1 fully saturated rings. The second kappa shape index (κ2) is 8.34. The van der Waals surface area contributed by atoms with E-state index in [1.165, 1.54) is 4.90 Å². The van der Waals surface area contributed by atoms with E-state index in [1.807, 2.05) is 48.2 Å². The SMILES string of the molecule is Cc1ccc(Cl)cc1NC(=O)C[NH+]1CCN(C(=O)c2ccccc2)CC1. The number of carbonyl (C=O) groups is 2. The van der Waals surface area contributed by atoms with Crippen LogP contribution in [0.3, 0.4) is 0 Å². The van der Waals surface area contributed by atoms with Crippen molar-refractivity contribution in [3.8, 4) is 0 Å². The number of rotatable bonds is 4. The van der Waals surface area contributed by atoms with Crippen molar-refractivity contribution >= 4 is 29.1 Å². The lowest BCUT2D eigenvalue weighted by Gasteiger charge is -2.32. The minimum atomic E-state index is -0.0341. The summed E-state index contributed by atoms with van der Waals surface area (Å²) < 4.78 is 0. The largest absolute Gasteiger partial charge is 0.327 e. The quantitative estimate of drug-likeness (QED) is 0.857. The Labute approximate surface area is 158 Å². The van der Waals surface area contributed by atoms with E-state index in [4.69, 9.17) is 11.6 Å². The Hall–Kier alpha value is -2.37. The molecule has 0 bridgehead atoms. The first kappa shape index (κ1) is 18.4. The van der Waals surface area contributed by atoms with Gasteiger partial charge in [0.05, 0.1) is 26.2 Å². The number of halogens is 1. The van der Waals surface area contributed by atoms with Gasteiger partial charge in [0.25, 0.3) is 11.8 Å². The lowest BCUT2D eigenvalue weighted by Crippen LogP contribution is -3.15. The first-order valence-corrected chi connectivity index (χ1v) is 9.14. The van der Waals surface area contributed by atoms with Gasteiger partial charge in [-0.15, -0.1) is 0 Å². The fourth-order valence-corrected chi connectivity index (χ4v) is 3.29. The molecule has 1 heterocycles. The third-order valence-electron chi connectivity index (χ3n) is 4.66. The molecule has 26 heavy (non-hydrogen) atoms. The number of aryl methyl sites for hydroxylation is 1. The van der Waals surface area contributed by atoms with Crippen LogP contribution in [0.25, 0.3) is 0 Å². The molecule has 0 atom stereocenters. The molecule has 5 nitrogen and oxygen atoms in total. The summed E-state index contributed by atoms with van der Waals surface area (Å²) in [5.41, 5.74) is 2.45. The molecule has 2 aromatic rings. The molecule has 0 aromatic heterocycles. The van der Waals surface area contributed by atoms with Crippen molar-refractivity contribution in [1.82, 2.24) is 4.90 Å². The Morgan fingerprint density at radius 1 is 1.12 bits per heavy atom. The van der Waals surface area contributed by atoms with Gasteiger partial charge in [-0.25, -0.2) is 0 Å². The Kier molecular flexibility index (Phi) is 5.91. The van der Waals surface area contributed by atoms with Crippen molar-refractivity contribution < 1.29 is 14.5 Å². The van der Waals surface area contributed by atoms with Gasteiger partial charge in [0, 0.05) is 16.3 Å². The molecule has 0 radical (unpaired) electrons. The highest BCUT2D eigenvalue weighted by Gasteiger charge is 2.25. The maximum absolute atomic E-state index is 12.5. The lowest BCUT2D eigenvalue weighted by molar-refractivity contribution is -0.895. The van der Waals surface area contributed by atoms with Crippen LogP contribution >= 0.6 is 11.6 Å². The maximum Gasteiger partial charge on any atom is 0.279 e.